The van der Waals surface area contributed by atoms with Crippen molar-refractivity contribution in [3.63, 3.8) is 0 Å². The second-order valence-electron chi connectivity index (χ2n) is 5.83. The smallest absolute Gasteiger partial charge is 0.145 e. The third-order valence-electron chi connectivity index (χ3n) is 4.17. The van der Waals surface area contributed by atoms with Gasteiger partial charge in [-0.1, -0.05) is 103 Å². The van der Waals surface area contributed by atoms with E-state index in [1.807, 2.05) is 12.1 Å². The number of thioether (sulfide) groups is 1. The Morgan fingerprint density at radius 3 is 2.20 bits per heavy atom. The summed E-state index contributed by atoms with van der Waals surface area (Å²) in [4.78, 5) is 0. The molecule has 0 saturated carbocycles. The van der Waals surface area contributed by atoms with Crippen LogP contribution >= 0.6 is 24.0 Å². The molecule has 4 rings (SSSR count). The number of rotatable bonds is 3. The Balaban J connectivity index is 1.73. The molecular weight excluding hydrogens is 342 g/mol. The van der Waals surface area contributed by atoms with Gasteiger partial charge >= 0.3 is 0 Å². The summed E-state index contributed by atoms with van der Waals surface area (Å²) >= 11 is 7.52. The van der Waals surface area contributed by atoms with Crippen LogP contribution in [0, 0.1) is 0 Å². The second kappa shape index (κ2) is 7.26. The molecule has 0 unspecified atom stereocenters. The van der Waals surface area contributed by atoms with Gasteiger partial charge in [0.05, 0.1) is 11.2 Å². The highest BCUT2D eigenvalue weighted by Gasteiger charge is 2.14. The van der Waals surface area contributed by atoms with Gasteiger partial charge in [0.2, 0.25) is 0 Å². The average Bonchev–Trinajstić information content (AvgIpc) is 3.07. The summed E-state index contributed by atoms with van der Waals surface area (Å²) in [5.74, 6) is 0.875. The van der Waals surface area contributed by atoms with Gasteiger partial charge in [-0.3, -0.25) is 4.57 Å². The molecule has 1 aromatic heterocycles. The third kappa shape index (κ3) is 3.39. The van der Waals surface area contributed by atoms with Crippen LogP contribution in [0.3, 0.4) is 0 Å². The Bertz CT molecular complexity index is 1000. The molecule has 3 heteroatoms. The van der Waals surface area contributed by atoms with Crippen LogP contribution in [-0.2, 0) is 5.75 Å². The van der Waals surface area contributed by atoms with E-state index in [-0.39, 0.29) is 0 Å². The Kier molecular flexibility index (Phi) is 4.68. The van der Waals surface area contributed by atoms with Crippen molar-refractivity contribution < 1.29 is 0 Å². The van der Waals surface area contributed by atoms with Gasteiger partial charge in [-0.05, 0) is 23.3 Å². The summed E-state index contributed by atoms with van der Waals surface area (Å²) in [6.45, 7) is 0. The number of hydrogen-bond acceptors (Lipinski definition) is 2. The van der Waals surface area contributed by atoms with E-state index < -0.39 is 0 Å². The molecule has 0 aliphatic carbocycles. The summed E-state index contributed by atoms with van der Waals surface area (Å²) in [7, 11) is 0. The van der Waals surface area contributed by atoms with Crippen molar-refractivity contribution in [1.82, 2.24) is 4.57 Å². The molecular formula is C22H17NS2. The summed E-state index contributed by atoms with van der Waals surface area (Å²) in [6, 6.07) is 31.5. The second-order valence-corrected chi connectivity index (χ2v) is 7.44. The molecule has 0 amide bonds. The minimum atomic E-state index is 0.875. The van der Waals surface area contributed by atoms with Gasteiger partial charge in [0.25, 0.3) is 0 Å². The van der Waals surface area contributed by atoms with Gasteiger partial charge in [-0.2, -0.15) is 0 Å². The lowest BCUT2D eigenvalue weighted by Crippen LogP contribution is -2.06. The Morgan fingerprint density at radius 1 is 0.800 bits per heavy atom. The van der Waals surface area contributed by atoms with Crippen molar-refractivity contribution in [2.75, 3.05) is 0 Å². The predicted molar refractivity (Wildman–Crippen MR) is 113 cm³/mol. The number of benzene rings is 3. The van der Waals surface area contributed by atoms with E-state index in [4.69, 9.17) is 12.2 Å². The van der Waals surface area contributed by atoms with Crippen molar-refractivity contribution in [1.29, 1.82) is 0 Å². The zero-order valence-corrected chi connectivity index (χ0v) is 15.3. The first kappa shape index (κ1) is 16.1. The molecule has 0 radical (unpaired) electrons. The lowest BCUT2D eigenvalue weighted by molar-refractivity contribution is 1.28. The molecule has 1 nitrogen and oxygen atoms in total. The third-order valence-corrected chi connectivity index (χ3v) is 5.61. The topological polar surface area (TPSA) is 4.93 Å². The van der Waals surface area contributed by atoms with Gasteiger partial charge < -0.3 is 0 Å². The van der Waals surface area contributed by atoms with E-state index in [9.17, 15) is 0 Å². The van der Waals surface area contributed by atoms with Crippen LogP contribution in [0.1, 0.15) is 5.56 Å². The van der Waals surface area contributed by atoms with Gasteiger partial charge in [-0.15, -0.1) is 0 Å². The van der Waals surface area contributed by atoms with Crippen molar-refractivity contribution >= 4 is 39.2 Å². The maximum Gasteiger partial charge on any atom is 0.145 e. The fourth-order valence-electron chi connectivity index (χ4n) is 2.96. The molecule has 0 spiro atoms. The number of fused-ring (bicyclic) bond motifs is 1. The van der Waals surface area contributed by atoms with Crippen molar-refractivity contribution in [2.45, 2.75) is 5.75 Å². The standard InChI is InChI=1S/C22H17NS2/c24-22(25-16-17-9-3-1-4-10-17)23-20-14-8-7-13-19(20)15-21(23)18-11-5-2-6-12-18/h1-15H,16H2. The minimum Gasteiger partial charge on any atom is -0.295 e. The number of nitrogens with zero attached hydrogens (tertiary/aromatic N) is 1. The fraction of sp³-hybridized carbons (Fsp3) is 0.0455. The molecule has 0 bridgehead atoms. The van der Waals surface area contributed by atoms with Crippen LogP contribution in [-0.4, -0.2) is 8.89 Å². The highest BCUT2D eigenvalue weighted by molar-refractivity contribution is 8.22. The predicted octanol–water partition coefficient (Wildman–Crippen LogP) is 6.37. The largest absolute Gasteiger partial charge is 0.295 e. The normalized spacial score (nSPS) is 10.9. The molecule has 3 aromatic carbocycles. The van der Waals surface area contributed by atoms with Gasteiger partial charge in [-0.25, -0.2) is 0 Å². The van der Waals surface area contributed by atoms with Crippen LogP contribution in [0.2, 0.25) is 0 Å². The zero-order chi connectivity index (χ0) is 17.1. The summed E-state index contributed by atoms with van der Waals surface area (Å²) in [5.41, 5.74) is 4.77. The van der Waals surface area contributed by atoms with Gasteiger partial charge in [0.15, 0.2) is 0 Å². The molecule has 4 aromatic rings. The van der Waals surface area contributed by atoms with Crippen LogP contribution in [0.5, 0.6) is 0 Å². The van der Waals surface area contributed by atoms with E-state index in [2.05, 4.69) is 83.4 Å². The molecule has 1 heterocycles. The Labute approximate surface area is 157 Å². The first-order chi connectivity index (χ1) is 12.3. The van der Waals surface area contributed by atoms with Crippen molar-refractivity contribution in [3.8, 4) is 11.3 Å². The molecule has 25 heavy (non-hydrogen) atoms. The lowest BCUT2D eigenvalue weighted by Gasteiger charge is -2.12. The zero-order valence-electron chi connectivity index (χ0n) is 13.6. The average molecular weight is 360 g/mol. The van der Waals surface area contributed by atoms with E-state index in [1.165, 1.54) is 16.5 Å². The summed E-state index contributed by atoms with van der Waals surface area (Å²) in [6.07, 6.45) is 0. The molecule has 0 N–H and O–H groups in total. The monoisotopic (exact) mass is 359 g/mol. The Hall–Kier alpha value is -2.36. The maximum atomic E-state index is 5.81. The minimum absolute atomic E-state index is 0.875. The van der Waals surface area contributed by atoms with E-state index in [0.717, 1.165) is 21.3 Å². The molecule has 0 fully saturated rings. The van der Waals surface area contributed by atoms with Crippen LogP contribution in [0.4, 0.5) is 0 Å². The van der Waals surface area contributed by atoms with Crippen LogP contribution < -0.4 is 0 Å². The van der Waals surface area contributed by atoms with Crippen LogP contribution in [0.25, 0.3) is 22.2 Å². The first-order valence-electron chi connectivity index (χ1n) is 8.20. The van der Waals surface area contributed by atoms with E-state index >= 15 is 0 Å². The van der Waals surface area contributed by atoms with E-state index in [1.54, 1.807) is 11.8 Å². The number of para-hydroxylation sites is 1. The lowest BCUT2D eigenvalue weighted by atomic mass is 10.1. The number of hydrogen-bond donors (Lipinski definition) is 0. The van der Waals surface area contributed by atoms with Crippen LogP contribution in [0.15, 0.2) is 91.0 Å². The van der Waals surface area contributed by atoms with Gasteiger partial charge in [0, 0.05) is 11.1 Å². The fourth-order valence-corrected chi connectivity index (χ4v) is 4.14. The highest BCUT2D eigenvalue weighted by Crippen LogP contribution is 2.30. The number of aromatic nitrogens is 1. The van der Waals surface area contributed by atoms with Gasteiger partial charge in [0.1, 0.15) is 4.32 Å². The first-order valence-corrected chi connectivity index (χ1v) is 9.59. The molecule has 122 valence electrons. The van der Waals surface area contributed by atoms with Crippen molar-refractivity contribution in [2.24, 2.45) is 0 Å². The maximum absolute atomic E-state index is 5.81. The highest BCUT2D eigenvalue weighted by atomic mass is 32.2. The number of thiocarbonyl (C=S) groups is 1. The quantitative estimate of drug-likeness (QED) is 0.391. The summed E-state index contributed by atoms with van der Waals surface area (Å²) in [5, 5.41) is 1.21. The SMILES string of the molecule is S=C(SCc1ccccc1)n1c(-c2ccccc2)cc2ccccc21. The van der Waals surface area contributed by atoms with Crippen molar-refractivity contribution in [3.05, 3.63) is 96.6 Å². The summed E-state index contributed by atoms with van der Waals surface area (Å²) < 4.78 is 3.08. The molecule has 0 aliphatic rings. The molecule has 0 saturated heterocycles. The molecule has 0 aliphatic heterocycles. The Morgan fingerprint density at radius 2 is 1.44 bits per heavy atom. The van der Waals surface area contributed by atoms with E-state index in [0.29, 0.717) is 0 Å². The molecule has 0 atom stereocenters.